The van der Waals surface area contributed by atoms with E-state index in [1.54, 1.807) is 29.9 Å². The molecule has 0 aliphatic carbocycles. The van der Waals surface area contributed by atoms with Crippen LogP contribution in [0.3, 0.4) is 0 Å². The van der Waals surface area contributed by atoms with E-state index in [1.807, 2.05) is 11.8 Å². The van der Waals surface area contributed by atoms with Crippen molar-refractivity contribution in [2.75, 3.05) is 18.0 Å². The van der Waals surface area contributed by atoms with Crippen LogP contribution in [0, 0.1) is 17.0 Å². The fourth-order valence-corrected chi connectivity index (χ4v) is 3.71. The van der Waals surface area contributed by atoms with Crippen LogP contribution in [0.4, 0.5) is 11.4 Å². The summed E-state index contributed by atoms with van der Waals surface area (Å²) in [5, 5.41) is 18.8. The SMILES string of the molecule is Cc1nc(C2CCN(c3ccc(C(=O)c4nccn4C)cc3[N+](=O)[O-])CC2)n[nH]1. The summed E-state index contributed by atoms with van der Waals surface area (Å²) in [4.78, 5) is 34.4. The molecule has 10 nitrogen and oxygen atoms in total. The summed E-state index contributed by atoms with van der Waals surface area (Å²) in [6, 6.07) is 4.63. The number of aryl methyl sites for hydroxylation is 2. The number of aromatic nitrogens is 5. The van der Waals surface area contributed by atoms with Crippen LogP contribution in [0.1, 0.15) is 46.6 Å². The number of aromatic amines is 1. The lowest BCUT2D eigenvalue weighted by molar-refractivity contribution is -0.384. The molecule has 0 saturated carbocycles. The number of benzene rings is 1. The number of imidazole rings is 1. The van der Waals surface area contributed by atoms with Gasteiger partial charge in [-0.3, -0.25) is 20.0 Å². The zero-order valence-electron chi connectivity index (χ0n) is 16.2. The molecule has 1 aliphatic heterocycles. The number of nitro benzene ring substituents is 1. The Bertz CT molecular complexity index is 1060. The summed E-state index contributed by atoms with van der Waals surface area (Å²) in [5.74, 6) is 1.72. The van der Waals surface area contributed by atoms with Gasteiger partial charge in [-0.2, -0.15) is 5.10 Å². The molecule has 0 unspecified atom stereocenters. The number of rotatable bonds is 5. The molecule has 29 heavy (non-hydrogen) atoms. The third-order valence-electron chi connectivity index (χ3n) is 5.27. The topological polar surface area (TPSA) is 123 Å². The first-order valence-electron chi connectivity index (χ1n) is 9.38. The van der Waals surface area contributed by atoms with Crippen LogP contribution in [0.25, 0.3) is 0 Å². The molecule has 3 aromatic rings. The van der Waals surface area contributed by atoms with Crippen molar-refractivity contribution >= 4 is 17.2 Å². The van der Waals surface area contributed by atoms with Crippen molar-refractivity contribution in [3.63, 3.8) is 0 Å². The van der Waals surface area contributed by atoms with Crippen molar-refractivity contribution in [1.82, 2.24) is 24.7 Å². The quantitative estimate of drug-likeness (QED) is 0.400. The molecule has 0 amide bonds. The molecule has 10 heteroatoms. The fourth-order valence-electron chi connectivity index (χ4n) is 3.71. The molecule has 0 atom stereocenters. The van der Waals surface area contributed by atoms with Crippen LogP contribution in [0.2, 0.25) is 0 Å². The summed E-state index contributed by atoms with van der Waals surface area (Å²) >= 11 is 0. The van der Waals surface area contributed by atoms with Gasteiger partial charge >= 0.3 is 0 Å². The van der Waals surface area contributed by atoms with Crippen LogP contribution in [-0.2, 0) is 7.05 Å². The number of hydrogen-bond acceptors (Lipinski definition) is 7. The van der Waals surface area contributed by atoms with E-state index in [9.17, 15) is 14.9 Å². The van der Waals surface area contributed by atoms with E-state index in [-0.39, 0.29) is 28.8 Å². The maximum absolute atomic E-state index is 12.7. The van der Waals surface area contributed by atoms with Gasteiger partial charge in [0.2, 0.25) is 5.78 Å². The number of hydrogen-bond donors (Lipinski definition) is 1. The Morgan fingerprint density at radius 3 is 2.66 bits per heavy atom. The highest BCUT2D eigenvalue weighted by molar-refractivity contribution is 6.07. The molecule has 1 fully saturated rings. The van der Waals surface area contributed by atoms with E-state index in [0.717, 1.165) is 24.5 Å². The molecule has 2 aromatic heterocycles. The monoisotopic (exact) mass is 395 g/mol. The average molecular weight is 395 g/mol. The lowest BCUT2D eigenvalue weighted by atomic mass is 9.95. The van der Waals surface area contributed by atoms with Gasteiger partial charge in [0.25, 0.3) is 5.69 Å². The zero-order chi connectivity index (χ0) is 20.5. The van der Waals surface area contributed by atoms with Crippen LogP contribution >= 0.6 is 0 Å². The molecule has 150 valence electrons. The predicted octanol–water partition coefficient (Wildman–Crippen LogP) is 2.37. The maximum atomic E-state index is 12.7. The number of nitrogens with one attached hydrogen (secondary N) is 1. The Hall–Kier alpha value is -3.56. The fraction of sp³-hybridized carbons (Fsp3) is 0.368. The summed E-state index contributed by atoms with van der Waals surface area (Å²) < 4.78 is 1.59. The average Bonchev–Trinajstić information content (AvgIpc) is 3.35. The molecule has 1 aromatic carbocycles. The lowest BCUT2D eigenvalue weighted by Gasteiger charge is -2.32. The number of carbonyl (C=O) groups excluding carboxylic acids is 1. The van der Waals surface area contributed by atoms with Gasteiger partial charge in [0, 0.05) is 50.1 Å². The number of nitro groups is 1. The standard InChI is InChI=1S/C19H21N7O3/c1-12-21-18(23-22-12)13-5-8-25(9-6-13)15-4-3-14(11-16(15)26(28)29)17(27)19-20-7-10-24(19)2/h3-4,7,10-11,13H,5-6,8-9H2,1-2H3,(H,21,22,23). The first kappa shape index (κ1) is 18.8. The van der Waals surface area contributed by atoms with Gasteiger partial charge in [0.15, 0.2) is 11.6 Å². The van der Waals surface area contributed by atoms with Gasteiger partial charge < -0.3 is 9.47 Å². The van der Waals surface area contributed by atoms with Gasteiger partial charge in [0.1, 0.15) is 11.5 Å². The Labute approximate surface area is 166 Å². The summed E-state index contributed by atoms with van der Waals surface area (Å²) in [5.41, 5.74) is 0.703. The van der Waals surface area contributed by atoms with Gasteiger partial charge in [-0.1, -0.05) is 0 Å². The number of ketones is 1. The second kappa shape index (κ2) is 7.46. The smallest absolute Gasteiger partial charge is 0.293 e. The second-order valence-electron chi connectivity index (χ2n) is 7.19. The van der Waals surface area contributed by atoms with E-state index < -0.39 is 4.92 Å². The van der Waals surface area contributed by atoms with Crippen LogP contribution in [0.15, 0.2) is 30.6 Å². The zero-order valence-corrected chi connectivity index (χ0v) is 16.2. The molecule has 0 radical (unpaired) electrons. The van der Waals surface area contributed by atoms with Crippen LogP contribution < -0.4 is 4.90 Å². The molecule has 4 rings (SSSR count). The van der Waals surface area contributed by atoms with E-state index in [2.05, 4.69) is 20.2 Å². The minimum absolute atomic E-state index is 0.0720. The van der Waals surface area contributed by atoms with Crippen molar-refractivity contribution in [3.8, 4) is 0 Å². The summed E-state index contributed by atoms with van der Waals surface area (Å²) in [7, 11) is 1.71. The van der Waals surface area contributed by atoms with Crippen molar-refractivity contribution in [2.24, 2.45) is 7.05 Å². The van der Waals surface area contributed by atoms with Crippen molar-refractivity contribution in [3.05, 3.63) is 63.7 Å². The highest BCUT2D eigenvalue weighted by Gasteiger charge is 2.28. The molecule has 0 bridgehead atoms. The first-order valence-corrected chi connectivity index (χ1v) is 9.38. The highest BCUT2D eigenvalue weighted by Crippen LogP contribution is 2.34. The van der Waals surface area contributed by atoms with Gasteiger partial charge in [-0.05, 0) is 31.9 Å². The molecule has 1 aliphatic rings. The van der Waals surface area contributed by atoms with Gasteiger partial charge in [-0.25, -0.2) is 9.97 Å². The number of carbonyl (C=O) groups is 1. The number of anilines is 1. The van der Waals surface area contributed by atoms with Crippen molar-refractivity contribution < 1.29 is 9.72 Å². The second-order valence-corrected chi connectivity index (χ2v) is 7.19. The third-order valence-corrected chi connectivity index (χ3v) is 5.27. The minimum atomic E-state index is -0.435. The number of piperidine rings is 1. The first-order chi connectivity index (χ1) is 13.9. The van der Waals surface area contributed by atoms with Gasteiger partial charge in [-0.15, -0.1) is 0 Å². The van der Waals surface area contributed by atoms with E-state index in [4.69, 9.17) is 0 Å². The highest BCUT2D eigenvalue weighted by atomic mass is 16.6. The molecular formula is C19H21N7O3. The number of H-pyrrole nitrogens is 1. The molecule has 3 heterocycles. The van der Waals surface area contributed by atoms with Crippen molar-refractivity contribution in [2.45, 2.75) is 25.7 Å². The Balaban J connectivity index is 1.56. The Morgan fingerprint density at radius 2 is 2.07 bits per heavy atom. The van der Waals surface area contributed by atoms with E-state index in [1.165, 1.54) is 12.3 Å². The normalized spacial score (nSPS) is 14.9. The number of nitrogens with zero attached hydrogens (tertiary/aromatic N) is 6. The maximum Gasteiger partial charge on any atom is 0.293 e. The predicted molar refractivity (Wildman–Crippen MR) is 105 cm³/mol. The minimum Gasteiger partial charge on any atom is -0.366 e. The summed E-state index contributed by atoms with van der Waals surface area (Å²) in [6.07, 6.45) is 4.80. The van der Waals surface area contributed by atoms with Crippen molar-refractivity contribution in [1.29, 1.82) is 0 Å². The van der Waals surface area contributed by atoms with Crippen LogP contribution in [-0.4, -0.2) is 48.5 Å². The largest absolute Gasteiger partial charge is 0.366 e. The molecule has 1 saturated heterocycles. The van der Waals surface area contributed by atoms with E-state index in [0.29, 0.717) is 18.8 Å². The molecule has 1 N–H and O–H groups in total. The van der Waals surface area contributed by atoms with E-state index >= 15 is 0 Å². The van der Waals surface area contributed by atoms with Crippen LogP contribution in [0.5, 0.6) is 0 Å². The Kier molecular flexibility index (Phi) is 4.83. The third kappa shape index (κ3) is 3.60. The van der Waals surface area contributed by atoms with Gasteiger partial charge in [0.05, 0.1) is 4.92 Å². The summed E-state index contributed by atoms with van der Waals surface area (Å²) in [6.45, 7) is 3.18. The Morgan fingerprint density at radius 1 is 1.31 bits per heavy atom. The molecule has 0 spiro atoms. The molecular weight excluding hydrogens is 374 g/mol. The lowest BCUT2D eigenvalue weighted by Crippen LogP contribution is -2.33.